The third-order valence-corrected chi connectivity index (χ3v) is 4.12. The SMILES string of the molecule is OC1CSCC1CC(F)(F)c1ccccc1. The molecule has 1 aliphatic heterocycles. The molecule has 0 amide bonds. The highest BCUT2D eigenvalue weighted by Gasteiger charge is 2.38. The van der Waals surface area contributed by atoms with E-state index in [0.717, 1.165) is 0 Å². The number of halogens is 2. The summed E-state index contributed by atoms with van der Waals surface area (Å²) in [5, 5.41) is 9.55. The van der Waals surface area contributed by atoms with Gasteiger partial charge in [0.25, 0.3) is 5.92 Å². The molecule has 1 saturated heterocycles. The molecular formula is C12H14F2OS. The van der Waals surface area contributed by atoms with Gasteiger partial charge in [0.1, 0.15) is 0 Å². The molecule has 0 spiro atoms. The first-order chi connectivity index (χ1) is 7.59. The number of aliphatic hydroxyl groups is 1. The lowest BCUT2D eigenvalue weighted by atomic mass is 9.94. The van der Waals surface area contributed by atoms with Crippen LogP contribution in [0.15, 0.2) is 30.3 Å². The number of hydrogen-bond donors (Lipinski definition) is 1. The molecular weight excluding hydrogens is 230 g/mol. The van der Waals surface area contributed by atoms with Gasteiger partial charge in [0.15, 0.2) is 0 Å². The van der Waals surface area contributed by atoms with Crippen LogP contribution in [0.4, 0.5) is 8.78 Å². The zero-order chi connectivity index (χ0) is 11.6. The third kappa shape index (κ3) is 2.55. The number of hydrogen-bond acceptors (Lipinski definition) is 2. The molecule has 16 heavy (non-hydrogen) atoms. The number of alkyl halides is 2. The van der Waals surface area contributed by atoms with E-state index in [-0.39, 0.29) is 17.9 Å². The molecule has 1 N–H and O–H groups in total. The molecule has 1 fully saturated rings. The van der Waals surface area contributed by atoms with Crippen LogP contribution in [0.25, 0.3) is 0 Å². The van der Waals surface area contributed by atoms with E-state index in [0.29, 0.717) is 11.5 Å². The molecule has 1 aromatic rings. The zero-order valence-electron chi connectivity index (χ0n) is 8.77. The predicted octanol–water partition coefficient (Wildman–Crippen LogP) is 2.89. The first-order valence-electron chi connectivity index (χ1n) is 5.29. The maximum Gasteiger partial charge on any atom is 0.273 e. The fourth-order valence-electron chi connectivity index (χ4n) is 1.91. The highest BCUT2D eigenvalue weighted by Crippen LogP contribution is 2.39. The van der Waals surface area contributed by atoms with Crippen LogP contribution < -0.4 is 0 Å². The second kappa shape index (κ2) is 4.72. The van der Waals surface area contributed by atoms with Crippen molar-refractivity contribution in [1.29, 1.82) is 0 Å². The molecule has 2 rings (SSSR count). The van der Waals surface area contributed by atoms with E-state index in [1.54, 1.807) is 30.0 Å². The van der Waals surface area contributed by atoms with E-state index in [1.165, 1.54) is 12.1 Å². The van der Waals surface area contributed by atoms with Crippen molar-refractivity contribution in [3.05, 3.63) is 35.9 Å². The molecule has 0 radical (unpaired) electrons. The summed E-state index contributed by atoms with van der Waals surface area (Å²) in [7, 11) is 0. The maximum atomic E-state index is 13.9. The van der Waals surface area contributed by atoms with Crippen LogP contribution in [0, 0.1) is 5.92 Å². The van der Waals surface area contributed by atoms with Crippen molar-refractivity contribution in [2.45, 2.75) is 18.4 Å². The smallest absolute Gasteiger partial charge is 0.273 e. The lowest BCUT2D eigenvalue weighted by Gasteiger charge is -2.22. The summed E-state index contributed by atoms with van der Waals surface area (Å²) in [5.74, 6) is -1.92. The van der Waals surface area contributed by atoms with Crippen molar-refractivity contribution in [2.24, 2.45) is 5.92 Å². The van der Waals surface area contributed by atoms with Crippen LogP contribution >= 0.6 is 11.8 Å². The minimum absolute atomic E-state index is 0.0408. The molecule has 88 valence electrons. The van der Waals surface area contributed by atoms with Crippen molar-refractivity contribution in [3.63, 3.8) is 0 Å². The van der Waals surface area contributed by atoms with Gasteiger partial charge in [-0.25, -0.2) is 8.78 Å². The first-order valence-corrected chi connectivity index (χ1v) is 6.44. The summed E-state index contributed by atoms with van der Waals surface area (Å²) in [5.41, 5.74) is 0.0408. The lowest BCUT2D eigenvalue weighted by molar-refractivity contribution is -0.0406. The van der Waals surface area contributed by atoms with Gasteiger partial charge in [0.05, 0.1) is 6.10 Å². The van der Waals surface area contributed by atoms with Crippen molar-refractivity contribution >= 4 is 11.8 Å². The molecule has 1 aromatic carbocycles. The third-order valence-electron chi connectivity index (χ3n) is 2.88. The number of aliphatic hydroxyl groups excluding tert-OH is 1. The molecule has 4 heteroatoms. The van der Waals surface area contributed by atoms with E-state index >= 15 is 0 Å². The maximum absolute atomic E-state index is 13.9. The highest BCUT2D eigenvalue weighted by molar-refractivity contribution is 7.99. The van der Waals surface area contributed by atoms with E-state index in [2.05, 4.69) is 0 Å². The molecule has 0 saturated carbocycles. The summed E-state index contributed by atoms with van der Waals surface area (Å²) >= 11 is 1.54. The van der Waals surface area contributed by atoms with Crippen LogP contribution in [0.5, 0.6) is 0 Å². The van der Waals surface area contributed by atoms with E-state index < -0.39 is 12.0 Å². The molecule has 0 aromatic heterocycles. The molecule has 1 heterocycles. The normalized spacial score (nSPS) is 25.9. The topological polar surface area (TPSA) is 20.2 Å². The Bertz CT molecular complexity index is 342. The Labute approximate surface area is 97.9 Å². The van der Waals surface area contributed by atoms with Gasteiger partial charge in [0, 0.05) is 23.7 Å². The van der Waals surface area contributed by atoms with Crippen LogP contribution in [0.1, 0.15) is 12.0 Å². The fraction of sp³-hybridized carbons (Fsp3) is 0.500. The summed E-state index contributed by atoms with van der Waals surface area (Å²) in [6.07, 6.45) is -0.842. The Hall–Kier alpha value is -0.610. The van der Waals surface area contributed by atoms with Crippen LogP contribution in [0.3, 0.4) is 0 Å². The largest absolute Gasteiger partial charge is 0.392 e. The van der Waals surface area contributed by atoms with Gasteiger partial charge < -0.3 is 5.11 Å². The van der Waals surface area contributed by atoms with Crippen LogP contribution in [0.2, 0.25) is 0 Å². The van der Waals surface area contributed by atoms with Crippen LogP contribution in [-0.2, 0) is 5.92 Å². The standard InChI is InChI=1S/C12H14F2OS/c13-12(14,10-4-2-1-3-5-10)6-9-7-16-8-11(9)15/h1-5,9,11,15H,6-8H2. The molecule has 2 atom stereocenters. The quantitative estimate of drug-likeness (QED) is 0.882. The summed E-state index contributed by atoms with van der Waals surface area (Å²) in [6.45, 7) is 0. The minimum Gasteiger partial charge on any atom is -0.392 e. The molecule has 2 unspecified atom stereocenters. The second-order valence-electron chi connectivity index (χ2n) is 4.14. The molecule has 0 aliphatic carbocycles. The van der Waals surface area contributed by atoms with Gasteiger partial charge in [-0.2, -0.15) is 11.8 Å². The Morgan fingerprint density at radius 2 is 1.94 bits per heavy atom. The lowest BCUT2D eigenvalue weighted by Crippen LogP contribution is -2.26. The average Bonchev–Trinajstić information content (AvgIpc) is 2.65. The van der Waals surface area contributed by atoms with Gasteiger partial charge in [-0.05, 0) is 5.75 Å². The zero-order valence-corrected chi connectivity index (χ0v) is 9.59. The molecule has 0 bridgehead atoms. The fourth-order valence-corrected chi connectivity index (χ4v) is 3.20. The van der Waals surface area contributed by atoms with Crippen molar-refractivity contribution in [1.82, 2.24) is 0 Å². The predicted molar refractivity (Wildman–Crippen MR) is 61.8 cm³/mol. The summed E-state index contributed by atoms with van der Waals surface area (Å²) in [6, 6.07) is 7.83. The van der Waals surface area contributed by atoms with Gasteiger partial charge in [-0.1, -0.05) is 30.3 Å². The minimum atomic E-state index is -2.84. The number of benzene rings is 1. The Morgan fingerprint density at radius 3 is 2.50 bits per heavy atom. The van der Waals surface area contributed by atoms with Gasteiger partial charge >= 0.3 is 0 Å². The number of thioether (sulfide) groups is 1. The Morgan fingerprint density at radius 1 is 1.25 bits per heavy atom. The average molecular weight is 244 g/mol. The first kappa shape index (κ1) is 11.9. The van der Waals surface area contributed by atoms with Crippen molar-refractivity contribution < 1.29 is 13.9 Å². The van der Waals surface area contributed by atoms with Crippen molar-refractivity contribution in [3.8, 4) is 0 Å². The van der Waals surface area contributed by atoms with E-state index in [4.69, 9.17) is 0 Å². The van der Waals surface area contributed by atoms with E-state index in [1.807, 2.05) is 0 Å². The highest BCUT2D eigenvalue weighted by atomic mass is 32.2. The molecule has 1 aliphatic rings. The monoisotopic (exact) mass is 244 g/mol. The Balaban J connectivity index is 2.08. The summed E-state index contributed by atoms with van der Waals surface area (Å²) < 4.78 is 27.7. The summed E-state index contributed by atoms with van der Waals surface area (Å²) in [4.78, 5) is 0. The van der Waals surface area contributed by atoms with Crippen molar-refractivity contribution in [2.75, 3.05) is 11.5 Å². The molecule has 1 nitrogen and oxygen atoms in total. The Kier molecular flexibility index (Phi) is 3.50. The van der Waals surface area contributed by atoms with Crippen LogP contribution in [-0.4, -0.2) is 22.7 Å². The number of rotatable bonds is 3. The van der Waals surface area contributed by atoms with Gasteiger partial charge in [-0.3, -0.25) is 0 Å². The second-order valence-corrected chi connectivity index (χ2v) is 5.21. The van der Waals surface area contributed by atoms with Gasteiger partial charge in [-0.15, -0.1) is 0 Å². The van der Waals surface area contributed by atoms with E-state index in [9.17, 15) is 13.9 Å². The van der Waals surface area contributed by atoms with Gasteiger partial charge in [0.2, 0.25) is 0 Å².